The maximum Gasteiger partial charge on any atom is 0.104 e. The van der Waals surface area contributed by atoms with Crippen molar-refractivity contribution in [3.8, 4) is 0 Å². The molecule has 20 heavy (non-hydrogen) atoms. The Balaban J connectivity index is 2.04. The quantitative estimate of drug-likeness (QED) is 0.767. The molecule has 0 saturated carbocycles. The fraction of sp³-hybridized carbons (Fsp3) is 0.214. The van der Waals surface area contributed by atoms with E-state index in [2.05, 4.69) is 39.3 Å². The first-order valence-corrected chi connectivity index (χ1v) is 8.41. The van der Waals surface area contributed by atoms with Gasteiger partial charge in [-0.25, -0.2) is 0 Å². The monoisotopic (exact) mass is 388 g/mol. The smallest absolute Gasteiger partial charge is 0.104 e. The lowest BCUT2D eigenvalue weighted by molar-refractivity contribution is 0.322. The van der Waals surface area contributed by atoms with Crippen LogP contribution in [0.4, 0.5) is 0 Å². The van der Waals surface area contributed by atoms with Crippen LogP contribution in [-0.2, 0) is 13.1 Å². The molecule has 0 unspecified atom stereocenters. The van der Waals surface area contributed by atoms with Crippen molar-refractivity contribution < 1.29 is 0 Å². The average molecular weight is 390 g/mol. The summed E-state index contributed by atoms with van der Waals surface area (Å²) in [6.45, 7) is 1.68. The van der Waals surface area contributed by atoms with Gasteiger partial charge in [0.15, 0.2) is 0 Å². The van der Waals surface area contributed by atoms with Crippen LogP contribution in [-0.4, -0.2) is 16.9 Å². The second kappa shape index (κ2) is 7.00. The highest BCUT2D eigenvalue weighted by Gasteiger charge is 2.08. The Morgan fingerprint density at radius 3 is 2.70 bits per heavy atom. The molecule has 106 valence electrons. The van der Waals surface area contributed by atoms with Crippen molar-refractivity contribution in [2.45, 2.75) is 13.1 Å². The molecule has 1 heterocycles. The van der Waals surface area contributed by atoms with Crippen molar-refractivity contribution in [1.29, 1.82) is 0 Å². The van der Waals surface area contributed by atoms with E-state index in [4.69, 9.17) is 29.6 Å². The number of thiophene rings is 1. The largest absolute Gasteiger partial charge is 0.389 e. The number of hydrogen-bond donors (Lipinski definition) is 1. The minimum absolute atomic E-state index is 0.371. The number of hydrogen-bond acceptors (Lipinski definition) is 3. The molecule has 2 N–H and O–H groups in total. The summed E-state index contributed by atoms with van der Waals surface area (Å²) >= 11 is 16.4. The summed E-state index contributed by atoms with van der Waals surface area (Å²) in [5.74, 6) is 0. The number of benzene rings is 1. The van der Waals surface area contributed by atoms with E-state index < -0.39 is 0 Å². The van der Waals surface area contributed by atoms with Crippen molar-refractivity contribution in [3.63, 3.8) is 0 Å². The molecule has 0 fully saturated rings. The molecular weight excluding hydrogens is 376 g/mol. The average Bonchev–Trinajstić information content (AvgIpc) is 2.77. The second-order valence-electron chi connectivity index (χ2n) is 4.57. The van der Waals surface area contributed by atoms with E-state index in [1.54, 1.807) is 11.3 Å². The van der Waals surface area contributed by atoms with Crippen LogP contribution in [0.15, 0.2) is 34.1 Å². The first-order valence-electron chi connectivity index (χ1n) is 5.95. The summed E-state index contributed by atoms with van der Waals surface area (Å²) in [5, 5.41) is 2.79. The summed E-state index contributed by atoms with van der Waals surface area (Å²) < 4.78 is 1.13. The van der Waals surface area contributed by atoms with Gasteiger partial charge in [-0.15, -0.1) is 11.3 Å². The Morgan fingerprint density at radius 1 is 1.40 bits per heavy atom. The number of nitrogens with zero attached hydrogens (tertiary/aromatic N) is 1. The Bertz CT molecular complexity index is 627. The van der Waals surface area contributed by atoms with Crippen molar-refractivity contribution in [1.82, 2.24) is 4.90 Å². The summed E-state index contributed by atoms with van der Waals surface area (Å²) in [5.41, 5.74) is 7.48. The van der Waals surface area contributed by atoms with Crippen LogP contribution in [0.25, 0.3) is 0 Å². The van der Waals surface area contributed by atoms with Gasteiger partial charge in [0.25, 0.3) is 0 Å². The third kappa shape index (κ3) is 4.27. The summed E-state index contributed by atoms with van der Waals surface area (Å²) in [7, 11) is 2.07. The van der Waals surface area contributed by atoms with Crippen molar-refractivity contribution in [2.24, 2.45) is 5.73 Å². The highest BCUT2D eigenvalue weighted by molar-refractivity contribution is 9.10. The Labute approximate surface area is 141 Å². The third-order valence-corrected chi connectivity index (χ3v) is 5.10. The van der Waals surface area contributed by atoms with Crippen molar-refractivity contribution in [2.75, 3.05) is 7.05 Å². The standard InChI is InChI=1S/C14H14BrClN2S2/c1-18(7-12-5-11(15)8-20-12)6-10-3-2-9(14(17)19)4-13(10)16/h2-5,8H,6-7H2,1H3,(H2,17,19). The molecule has 2 nitrogen and oxygen atoms in total. The Hall–Kier alpha value is -0.460. The zero-order valence-electron chi connectivity index (χ0n) is 10.9. The highest BCUT2D eigenvalue weighted by atomic mass is 79.9. The minimum atomic E-state index is 0.371. The van der Waals surface area contributed by atoms with E-state index in [1.807, 2.05) is 18.2 Å². The van der Waals surface area contributed by atoms with Gasteiger partial charge in [-0.05, 0) is 40.7 Å². The van der Waals surface area contributed by atoms with Gasteiger partial charge in [-0.3, -0.25) is 4.90 Å². The van der Waals surface area contributed by atoms with Gasteiger partial charge >= 0.3 is 0 Å². The number of nitrogens with two attached hydrogens (primary N) is 1. The summed E-state index contributed by atoms with van der Waals surface area (Å²) in [6, 6.07) is 7.87. The van der Waals surface area contributed by atoms with Gasteiger partial charge in [0.1, 0.15) is 4.99 Å². The van der Waals surface area contributed by atoms with Crippen LogP contribution in [0.1, 0.15) is 16.0 Å². The van der Waals surface area contributed by atoms with Gasteiger partial charge in [0.05, 0.1) is 0 Å². The minimum Gasteiger partial charge on any atom is -0.389 e. The van der Waals surface area contributed by atoms with Crippen LogP contribution in [0, 0.1) is 0 Å². The summed E-state index contributed by atoms with van der Waals surface area (Å²) in [6.07, 6.45) is 0. The van der Waals surface area contributed by atoms with Gasteiger partial charge in [0.2, 0.25) is 0 Å². The summed E-state index contributed by atoms with van der Waals surface area (Å²) in [4.78, 5) is 3.91. The van der Waals surface area contributed by atoms with Crippen LogP contribution in [0.5, 0.6) is 0 Å². The molecule has 2 aromatic rings. The third-order valence-electron chi connectivity index (χ3n) is 2.83. The van der Waals surface area contributed by atoms with Gasteiger partial charge < -0.3 is 5.73 Å². The Morgan fingerprint density at radius 2 is 2.15 bits per heavy atom. The molecule has 0 aliphatic carbocycles. The molecule has 1 aromatic carbocycles. The fourth-order valence-electron chi connectivity index (χ4n) is 1.88. The number of rotatable bonds is 5. The first kappa shape index (κ1) is 15.9. The van der Waals surface area contributed by atoms with Gasteiger partial charge in [-0.2, -0.15) is 0 Å². The molecule has 1 aromatic heterocycles. The van der Waals surface area contributed by atoms with E-state index in [-0.39, 0.29) is 0 Å². The number of thiocarbonyl (C=S) groups is 1. The normalized spacial score (nSPS) is 11.0. The molecule has 0 aliphatic rings. The lowest BCUT2D eigenvalue weighted by Gasteiger charge is -2.17. The predicted octanol–water partition coefficient (Wildman–Crippen LogP) is 4.43. The fourth-order valence-corrected chi connectivity index (χ4v) is 3.78. The van der Waals surface area contributed by atoms with Crippen molar-refractivity contribution in [3.05, 3.63) is 55.1 Å². The zero-order chi connectivity index (χ0) is 14.7. The van der Waals surface area contributed by atoms with E-state index in [0.29, 0.717) is 10.0 Å². The lowest BCUT2D eigenvalue weighted by Crippen LogP contribution is -2.17. The molecule has 0 aliphatic heterocycles. The predicted molar refractivity (Wildman–Crippen MR) is 94.5 cm³/mol. The van der Waals surface area contributed by atoms with Crippen LogP contribution in [0.2, 0.25) is 5.02 Å². The van der Waals surface area contributed by atoms with Gasteiger partial charge in [-0.1, -0.05) is 36.0 Å². The highest BCUT2D eigenvalue weighted by Crippen LogP contribution is 2.23. The van der Waals surface area contributed by atoms with Gasteiger partial charge in [0, 0.05) is 38.4 Å². The molecule has 0 bridgehead atoms. The second-order valence-corrected chi connectivity index (χ2v) is 7.33. The van der Waals surface area contributed by atoms with Crippen molar-refractivity contribution >= 4 is 56.1 Å². The molecule has 6 heteroatoms. The zero-order valence-corrected chi connectivity index (χ0v) is 14.9. The SMILES string of the molecule is CN(Cc1cc(Br)cs1)Cc1ccc(C(N)=S)cc1Cl. The molecule has 2 rings (SSSR count). The van der Waals surface area contributed by atoms with E-state index in [9.17, 15) is 0 Å². The first-order chi connectivity index (χ1) is 9.45. The lowest BCUT2D eigenvalue weighted by atomic mass is 10.1. The van der Waals surface area contributed by atoms with Crippen LogP contribution >= 0.6 is 51.1 Å². The van der Waals surface area contributed by atoms with Crippen LogP contribution < -0.4 is 5.73 Å². The number of halogens is 2. The van der Waals surface area contributed by atoms with E-state index >= 15 is 0 Å². The maximum absolute atomic E-state index is 6.28. The van der Waals surface area contributed by atoms with Crippen LogP contribution in [0.3, 0.4) is 0 Å². The van der Waals surface area contributed by atoms with E-state index in [0.717, 1.165) is 28.7 Å². The van der Waals surface area contributed by atoms with E-state index in [1.165, 1.54) is 4.88 Å². The molecule has 0 saturated heterocycles. The Kier molecular flexibility index (Phi) is 5.57. The topological polar surface area (TPSA) is 29.3 Å². The molecule has 0 radical (unpaired) electrons. The molecule has 0 amide bonds. The maximum atomic E-state index is 6.28. The molecule has 0 spiro atoms. The molecule has 0 atom stereocenters. The molecular formula is C14H14BrClN2S2.